The lowest BCUT2D eigenvalue weighted by molar-refractivity contribution is -0.160. The predicted molar refractivity (Wildman–Crippen MR) is 205 cm³/mol. The van der Waals surface area contributed by atoms with Crippen molar-refractivity contribution in [2.24, 2.45) is 29.6 Å². The molecule has 0 aromatic heterocycles. The van der Waals surface area contributed by atoms with Gasteiger partial charge in [-0.15, -0.1) is 0 Å². The maximum Gasteiger partial charge on any atom is 0.337 e. The van der Waals surface area contributed by atoms with E-state index < -0.39 is 23.8 Å². The van der Waals surface area contributed by atoms with Crippen molar-refractivity contribution in [3.63, 3.8) is 0 Å². The Balaban J connectivity index is 1.10. The lowest BCUT2D eigenvalue weighted by Gasteiger charge is -2.30. The summed E-state index contributed by atoms with van der Waals surface area (Å²) in [4.78, 5) is 80.0. The first-order valence-corrected chi connectivity index (χ1v) is 21.0. The summed E-state index contributed by atoms with van der Waals surface area (Å²) in [6, 6.07) is 3.15. The molecule has 302 valence electrons. The van der Waals surface area contributed by atoms with Gasteiger partial charge in [-0.1, -0.05) is 37.0 Å². The normalized spacial score (nSPS) is 25.3. The van der Waals surface area contributed by atoms with E-state index in [9.17, 15) is 28.8 Å². The number of carbonyl (C=O) groups excluding carboxylic acids is 6. The standard InChI is InChI=1S/C41H49NO12S2/c1-5-32(43)50-22-6-7-23-51-36(44)25-12-14-27(15-13-25)37(45)52-29-18-16-28(17-19-29)39(47)54-31-21-20-30(53-38(46)26-10-8-24(2)9-11-26)34-35(31)56-41(55-34)33(42-3)40(48)49-4/h5,20-21,24-29H,1,6-19,22-23H2,2,4H3. The van der Waals surface area contributed by atoms with Crippen LogP contribution in [0.25, 0.3) is 4.85 Å². The zero-order chi connectivity index (χ0) is 40.2. The number of thioether (sulfide) groups is 2. The number of unbranched alkanes of at least 4 members (excludes halogenated alkanes) is 1. The van der Waals surface area contributed by atoms with E-state index in [2.05, 4.69) is 18.3 Å². The summed E-state index contributed by atoms with van der Waals surface area (Å²) in [5.41, 5.74) is -0.216. The van der Waals surface area contributed by atoms with E-state index in [0.717, 1.165) is 55.3 Å². The van der Waals surface area contributed by atoms with Gasteiger partial charge in [0.25, 0.3) is 5.70 Å². The molecule has 15 heteroatoms. The first-order valence-electron chi connectivity index (χ1n) is 19.3. The largest absolute Gasteiger partial charge is 0.474 e. The zero-order valence-corrected chi connectivity index (χ0v) is 33.5. The van der Waals surface area contributed by atoms with Gasteiger partial charge in [0.2, 0.25) is 0 Å². The van der Waals surface area contributed by atoms with E-state index in [-0.39, 0.29) is 72.2 Å². The van der Waals surface area contributed by atoms with E-state index in [1.807, 2.05) is 0 Å². The molecule has 0 saturated heterocycles. The van der Waals surface area contributed by atoms with Gasteiger partial charge in [0, 0.05) is 6.08 Å². The molecular formula is C41H49NO12S2. The average molecular weight is 812 g/mol. The minimum absolute atomic E-state index is 0.214. The molecule has 0 spiro atoms. The molecule has 1 heterocycles. The van der Waals surface area contributed by atoms with Gasteiger partial charge in [-0.25, -0.2) is 9.64 Å². The van der Waals surface area contributed by atoms with Gasteiger partial charge in [-0.2, -0.15) is 0 Å². The Kier molecular flexibility index (Phi) is 15.9. The highest BCUT2D eigenvalue weighted by Crippen LogP contribution is 2.59. The molecule has 3 fully saturated rings. The Labute approximate surface area is 335 Å². The quantitative estimate of drug-likeness (QED) is 0.0448. The number of fused-ring (bicyclic) bond motifs is 1. The van der Waals surface area contributed by atoms with Crippen LogP contribution in [0.2, 0.25) is 0 Å². The molecule has 1 aromatic carbocycles. The lowest BCUT2D eigenvalue weighted by Crippen LogP contribution is -2.33. The van der Waals surface area contributed by atoms with Crippen molar-refractivity contribution in [2.45, 2.75) is 113 Å². The van der Waals surface area contributed by atoms with E-state index in [1.54, 1.807) is 12.1 Å². The van der Waals surface area contributed by atoms with E-state index in [1.165, 1.54) is 7.11 Å². The topological polar surface area (TPSA) is 162 Å². The average Bonchev–Trinajstić information content (AvgIpc) is 3.66. The van der Waals surface area contributed by atoms with Crippen LogP contribution >= 0.6 is 23.5 Å². The maximum atomic E-state index is 13.5. The van der Waals surface area contributed by atoms with Crippen molar-refractivity contribution in [3.05, 3.63) is 46.1 Å². The molecule has 3 aliphatic carbocycles. The number of nitrogens with zero attached hydrogens (tertiary/aromatic N) is 1. The van der Waals surface area contributed by atoms with Gasteiger partial charge in [-0.05, 0) is 108 Å². The number of carbonyl (C=O) groups is 6. The fourth-order valence-corrected chi connectivity index (χ4v) is 9.85. The number of ether oxygens (including phenoxy) is 6. The Morgan fingerprint density at radius 2 is 1.18 bits per heavy atom. The smallest absolute Gasteiger partial charge is 0.337 e. The molecule has 0 bridgehead atoms. The van der Waals surface area contributed by atoms with Crippen molar-refractivity contribution in [3.8, 4) is 11.5 Å². The lowest BCUT2D eigenvalue weighted by atomic mass is 9.82. The third kappa shape index (κ3) is 11.4. The molecule has 0 radical (unpaired) electrons. The maximum absolute atomic E-state index is 13.5. The number of hydrogen-bond donors (Lipinski definition) is 0. The van der Waals surface area contributed by atoms with Gasteiger partial charge in [0.05, 0.1) is 64.6 Å². The molecule has 4 aliphatic rings. The van der Waals surface area contributed by atoms with Crippen LogP contribution < -0.4 is 9.47 Å². The summed E-state index contributed by atoms with van der Waals surface area (Å²) in [5, 5.41) is 0. The number of methoxy groups -OCH3 is 1. The highest BCUT2D eigenvalue weighted by Gasteiger charge is 2.37. The molecule has 0 unspecified atom stereocenters. The summed E-state index contributed by atoms with van der Waals surface area (Å²) in [7, 11) is 1.19. The number of rotatable bonds is 14. The molecule has 3 saturated carbocycles. The molecular weight excluding hydrogens is 763 g/mol. The van der Waals surface area contributed by atoms with Gasteiger partial charge >= 0.3 is 35.8 Å². The molecule has 5 rings (SSSR count). The van der Waals surface area contributed by atoms with Crippen LogP contribution in [0.3, 0.4) is 0 Å². The summed E-state index contributed by atoms with van der Waals surface area (Å²) in [6.07, 6.45) is 9.38. The summed E-state index contributed by atoms with van der Waals surface area (Å²) in [6.45, 7) is 13.6. The Morgan fingerprint density at radius 3 is 1.68 bits per heavy atom. The van der Waals surface area contributed by atoms with Crippen LogP contribution in [-0.2, 0) is 47.7 Å². The second kappa shape index (κ2) is 20.8. The molecule has 0 amide bonds. The van der Waals surface area contributed by atoms with Gasteiger partial charge < -0.3 is 28.4 Å². The Bertz CT molecular complexity index is 1730. The van der Waals surface area contributed by atoms with Crippen molar-refractivity contribution in [1.82, 2.24) is 0 Å². The van der Waals surface area contributed by atoms with E-state index >= 15 is 0 Å². The second-order valence-corrected chi connectivity index (χ2v) is 17.0. The van der Waals surface area contributed by atoms with Crippen LogP contribution in [0.4, 0.5) is 0 Å². The predicted octanol–water partition coefficient (Wildman–Crippen LogP) is 7.74. The fraction of sp³-hybridized carbons (Fsp3) is 0.585. The number of benzene rings is 1. The highest BCUT2D eigenvalue weighted by atomic mass is 32.2. The molecule has 1 aromatic rings. The first-order chi connectivity index (χ1) is 27.0. The van der Waals surface area contributed by atoms with Crippen LogP contribution in [0.1, 0.15) is 96.8 Å². The first kappa shape index (κ1) is 42.8. The fourth-order valence-electron chi connectivity index (χ4n) is 7.30. The van der Waals surface area contributed by atoms with Gasteiger partial charge in [0.15, 0.2) is 0 Å². The molecule has 0 N–H and O–H groups in total. The molecule has 1 aliphatic heterocycles. The van der Waals surface area contributed by atoms with Crippen molar-refractivity contribution >= 4 is 59.3 Å². The van der Waals surface area contributed by atoms with Crippen LogP contribution in [0, 0.1) is 36.2 Å². The van der Waals surface area contributed by atoms with E-state index in [4.69, 9.17) is 35.0 Å². The minimum atomic E-state index is -0.795. The zero-order valence-electron chi connectivity index (χ0n) is 31.9. The third-order valence-corrected chi connectivity index (χ3v) is 13.4. The number of esters is 6. The van der Waals surface area contributed by atoms with Crippen LogP contribution in [-0.4, -0.2) is 62.2 Å². The minimum Gasteiger partial charge on any atom is -0.474 e. The highest BCUT2D eigenvalue weighted by molar-refractivity contribution is 8.24. The van der Waals surface area contributed by atoms with E-state index in [0.29, 0.717) is 84.2 Å². The third-order valence-electron chi connectivity index (χ3n) is 10.8. The number of hydrogen-bond acceptors (Lipinski definition) is 14. The summed E-state index contributed by atoms with van der Waals surface area (Å²) in [5.74, 6) is -2.74. The molecule has 13 nitrogen and oxygen atoms in total. The van der Waals surface area contributed by atoms with Gasteiger partial charge in [-0.3, -0.25) is 24.0 Å². The van der Waals surface area contributed by atoms with Crippen LogP contribution in [0.15, 0.2) is 44.5 Å². The Morgan fingerprint density at radius 1 is 0.714 bits per heavy atom. The van der Waals surface area contributed by atoms with Gasteiger partial charge in [0.1, 0.15) is 17.6 Å². The SMILES string of the molecule is [C-]#[N+]C(C(=O)OC)=C1Sc2c(OC(=O)C3CCC(C)CC3)ccc(OC(=O)C3CCC(OC(=O)C4CCC(C(=O)OCCCCOC(=O)C=C)CC4)CC3)c2S1. The Hall–Kier alpha value is -4.29. The van der Waals surface area contributed by atoms with Crippen molar-refractivity contribution in [1.29, 1.82) is 0 Å². The van der Waals surface area contributed by atoms with Crippen LogP contribution in [0.5, 0.6) is 11.5 Å². The molecule has 0 atom stereocenters. The summed E-state index contributed by atoms with van der Waals surface area (Å²) < 4.78 is 33.1. The monoisotopic (exact) mass is 811 g/mol. The van der Waals surface area contributed by atoms with Crippen molar-refractivity contribution in [2.75, 3.05) is 20.3 Å². The summed E-state index contributed by atoms with van der Waals surface area (Å²) >= 11 is 2.20. The van der Waals surface area contributed by atoms with Crippen molar-refractivity contribution < 1.29 is 57.2 Å². The molecule has 56 heavy (non-hydrogen) atoms. The second-order valence-electron chi connectivity index (χ2n) is 14.7.